The van der Waals surface area contributed by atoms with E-state index in [4.69, 9.17) is 5.26 Å². The minimum atomic E-state index is 0.309. The molecule has 1 fully saturated rings. The molecule has 0 N–H and O–H groups in total. The molecule has 0 bridgehead atoms. The average molecular weight is 413 g/mol. The summed E-state index contributed by atoms with van der Waals surface area (Å²) in [4.78, 5) is 2.44. The number of benzene rings is 2. The average Bonchev–Trinajstić information content (AvgIpc) is 3.41. The summed E-state index contributed by atoms with van der Waals surface area (Å²) in [5.74, 6) is 0. The Bertz CT molecular complexity index is 684. The Balaban J connectivity index is 0.000000758. The summed E-state index contributed by atoms with van der Waals surface area (Å²) in [5.41, 5.74) is 4.34. The van der Waals surface area contributed by atoms with Crippen molar-refractivity contribution in [2.75, 3.05) is 20.1 Å². The summed E-state index contributed by atoms with van der Waals surface area (Å²) in [6, 6.07) is 21.7. The molecule has 0 amide bonds. The zero-order valence-corrected chi connectivity index (χ0v) is 17.5. The predicted molar refractivity (Wildman–Crippen MR) is 114 cm³/mol. The molecule has 0 spiro atoms. The first kappa shape index (κ1) is 20.7. The summed E-state index contributed by atoms with van der Waals surface area (Å²) in [6.45, 7) is 3.73. The van der Waals surface area contributed by atoms with E-state index in [1.807, 2.05) is 0 Å². The van der Waals surface area contributed by atoms with Gasteiger partial charge in [-0.25, -0.2) is 0 Å². The normalized spacial score (nSPS) is 14.3. The minimum Gasteiger partial charge on any atom is -0.306 e. The highest BCUT2D eigenvalue weighted by atomic mass is 79.9. The molecule has 2 nitrogen and oxygen atoms in total. The molecule has 2 aromatic rings. The maximum atomic E-state index is 7.32. The summed E-state index contributed by atoms with van der Waals surface area (Å²) < 4.78 is 0.309. The molecule has 0 heterocycles. The van der Waals surface area contributed by atoms with Crippen LogP contribution in [0.25, 0.3) is 0 Å². The minimum absolute atomic E-state index is 0.309. The van der Waals surface area contributed by atoms with E-state index >= 15 is 0 Å². The fraction of sp³-hybridized carbons (Fsp3) is 0.435. The molecular weight excluding hydrogens is 384 g/mol. The van der Waals surface area contributed by atoms with E-state index < -0.39 is 0 Å². The number of hydrogen-bond donors (Lipinski definition) is 0. The predicted octanol–water partition coefficient (Wildman–Crippen LogP) is 5.71. The number of nitrogens with zero attached hydrogens (tertiary/aromatic N) is 2. The lowest BCUT2D eigenvalue weighted by atomic mass is 10.0. The highest BCUT2D eigenvalue weighted by Gasteiger charge is 2.41. The quantitative estimate of drug-likeness (QED) is 0.519. The zero-order valence-electron chi connectivity index (χ0n) is 15.9. The van der Waals surface area contributed by atoms with Crippen LogP contribution in [0.5, 0.6) is 0 Å². The van der Waals surface area contributed by atoms with E-state index in [-0.39, 0.29) is 0 Å². The third kappa shape index (κ3) is 6.94. The second-order valence-electron chi connectivity index (χ2n) is 7.03. The lowest BCUT2D eigenvalue weighted by Gasteiger charge is -2.16. The smallest absolute Gasteiger partial charge is 0.0587 e. The van der Waals surface area contributed by atoms with Crippen molar-refractivity contribution >= 4 is 15.9 Å². The van der Waals surface area contributed by atoms with Crippen molar-refractivity contribution < 1.29 is 0 Å². The Hall–Kier alpha value is -1.63. The summed E-state index contributed by atoms with van der Waals surface area (Å²) in [6.07, 6.45) is 6.09. The number of aryl methyl sites for hydroxylation is 1. The van der Waals surface area contributed by atoms with Crippen molar-refractivity contribution in [3.8, 4) is 6.07 Å². The van der Waals surface area contributed by atoms with Gasteiger partial charge in [0.05, 0.1) is 10.4 Å². The van der Waals surface area contributed by atoms with E-state index in [1.165, 1.54) is 49.3 Å². The maximum absolute atomic E-state index is 7.32. The molecule has 3 rings (SSSR count). The van der Waals surface area contributed by atoms with Crippen molar-refractivity contribution in [3.05, 3.63) is 71.3 Å². The second kappa shape index (κ2) is 10.5. The molecule has 26 heavy (non-hydrogen) atoms. The molecule has 0 aromatic heterocycles. The van der Waals surface area contributed by atoms with Crippen LogP contribution in [0.15, 0.2) is 54.6 Å². The molecule has 138 valence electrons. The number of likely N-dealkylation sites (N-methyl/N-ethyl adjacent to an activating group) is 1. The van der Waals surface area contributed by atoms with Gasteiger partial charge in [0.25, 0.3) is 0 Å². The molecule has 0 saturated heterocycles. The van der Waals surface area contributed by atoms with Crippen LogP contribution in [0.1, 0.15) is 42.9 Å². The topological polar surface area (TPSA) is 27.0 Å². The van der Waals surface area contributed by atoms with E-state index in [2.05, 4.69) is 82.5 Å². The molecule has 3 heteroatoms. The van der Waals surface area contributed by atoms with Crippen LogP contribution in [0, 0.1) is 11.3 Å². The van der Waals surface area contributed by atoms with Gasteiger partial charge >= 0.3 is 0 Å². The van der Waals surface area contributed by atoms with Gasteiger partial charge in [-0.15, -0.1) is 0 Å². The monoisotopic (exact) mass is 412 g/mol. The van der Waals surface area contributed by atoms with Crippen LogP contribution in [0.4, 0.5) is 0 Å². The van der Waals surface area contributed by atoms with Gasteiger partial charge in [-0.1, -0.05) is 70.5 Å². The van der Waals surface area contributed by atoms with Gasteiger partial charge in [0.15, 0.2) is 0 Å². The standard InChI is InChI=1S/C21H26BrN.C2H3N/c1-23(17-13-18-6-3-2-4-7-18)16-5-8-19-9-11-20(12-10-19)21(22)14-15-21;1-2-3/h2-4,6-7,9-12H,5,8,13-17H2,1H3;1H3. The van der Waals surface area contributed by atoms with Gasteiger partial charge < -0.3 is 4.90 Å². The fourth-order valence-electron chi connectivity index (χ4n) is 3.00. The van der Waals surface area contributed by atoms with Crippen LogP contribution >= 0.6 is 15.9 Å². The fourth-order valence-corrected chi connectivity index (χ4v) is 3.46. The van der Waals surface area contributed by atoms with Crippen molar-refractivity contribution in [3.63, 3.8) is 0 Å². The van der Waals surface area contributed by atoms with Crippen molar-refractivity contribution in [1.82, 2.24) is 4.90 Å². The van der Waals surface area contributed by atoms with Gasteiger partial charge in [0.2, 0.25) is 0 Å². The lowest BCUT2D eigenvalue weighted by molar-refractivity contribution is 0.333. The highest BCUT2D eigenvalue weighted by Crippen LogP contribution is 2.53. The van der Waals surface area contributed by atoms with Crippen LogP contribution in [0.3, 0.4) is 0 Å². The lowest BCUT2D eigenvalue weighted by Crippen LogP contribution is -2.22. The first-order valence-electron chi connectivity index (χ1n) is 9.39. The van der Waals surface area contributed by atoms with Gasteiger partial charge in [-0.2, -0.15) is 5.26 Å². The van der Waals surface area contributed by atoms with Gasteiger partial charge in [-0.3, -0.25) is 0 Å². The largest absolute Gasteiger partial charge is 0.306 e. The van der Waals surface area contributed by atoms with Crippen LogP contribution in [0.2, 0.25) is 0 Å². The molecule has 0 radical (unpaired) electrons. The summed E-state index contributed by atoms with van der Waals surface area (Å²) in [5, 5.41) is 7.32. The molecule has 1 aliphatic rings. The Morgan fingerprint density at radius 3 is 2.12 bits per heavy atom. The van der Waals surface area contributed by atoms with E-state index in [0.29, 0.717) is 4.32 Å². The Morgan fingerprint density at radius 2 is 1.54 bits per heavy atom. The third-order valence-corrected chi connectivity index (χ3v) is 6.04. The first-order chi connectivity index (χ1) is 12.6. The van der Waals surface area contributed by atoms with Crippen molar-refractivity contribution in [1.29, 1.82) is 5.26 Å². The highest BCUT2D eigenvalue weighted by molar-refractivity contribution is 9.09. The third-order valence-electron chi connectivity index (χ3n) is 4.79. The van der Waals surface area contributed by atoms with Gasteiger partial charge in [0.1, 0.15) is 0 Å². The van der Waals surface area contributed by atoms with Crippen LogP contribution in [-0.4, -0.2) is 25.0 Å². The van der Waals surface area contributed by atoms with Crippen molar-refractivity contribution in [2.24, 2.45) is 0 Å². The Kier molecular flexibility index (Phi) is 8.35. The second-order valence-corrected chi connectivity index (χ2v) is 8.55. The number of halogens is 1. The van der Waals surface area contributed by atoms with Crippen LogP contribution in [-0.2, 0) is 17.2 Å². The summed E-state index contributed by atoms with van der Waals surface area (Å²) >= 11 is 3.82. The molecule has 0 aliphatic heterocycles. The van der Waals surface area contributed by atoms with E-state index in [1.54, 1.807) is 6.07 Å². The van der Waals surface area contributed by atoms with Gasteiger partial charge in [0, 0.05) is 13.5 Å². The maximum Gasteiger partial charge on any atom is 0.0587 e. The molecule has 2 aromatic carbocycles. The number of rotatable bonds is 8. The number of alkyl halides is 1. The molecule has 0 atom stereocenters. The first-order valence-corrected chi connectivity index (χ1v) is 10.2. The Morgan fingerprint density at radius 1 is 0.962 bits per heavy atom. The Labute approximate surface area is 167 Å². The molecule has 1 saturated carbocycles. The summed E-state index contributed by atoms with van der Waals surface area (Å²) in [7, 11) is 2.23. The van der Waals surface area contributed by atoms with Crippen LogP contribution < -0.4 is 0 Å². The van der Waals surface area contributed by atoms with Gasteiger partial charge in [-0.05, 0) is 62.4 Å². The van der Waals surface area contributed by atoms with E-state index in [9.17, 15) is 0 Å². The SMILES string of the molecule is CC#N.CN(CCCc1ccc(C2(Br)CC2)cc1)CCc1ccccc1. The number of hydrogen-bond acceptors (Lipinski definition) is 2. The number of nitriles is 1. The van der Waals surface area contributed by atoms with E-state index in [0.717, 1.165) is 19.5 Å². The van der Waals surface area contributed by atoms with Crippen molar-refractivity contribution in [2.45, 2.75) is 43.4 Å². The molecule has 1 aliphatic carbocycles. The zero-order chi connectivity index (χ0) is 18.8. The molecule has 0 unspecified atom stereocenters. The molecular formula is C23H29BrN2.